The Bertz CT molecular complexity index is 297. The number of morpholine rings is 1. The Kier molecular flexibility index (Phi) is 6.97. The van der Waals surface area contributed by atoms with Crippen molar-refractivity contribution in [2.24, 2.45) is 17.8 Å². The van der Waals surface area contributed by atoms with Crippen molar-refractivity contribution in [2.75, 3.05) is 32.8 Å². The van der Waals surface area contributed by atoms with Crippen LogP contribution in [0.5, 0.6) is 0 Å². The Balaban J connectivity index is 1.98. The number of rotatable bonds is 6. The average Bonchev–Trinajstić information content (AvgIpc) is 2.48. The van der Waals surface area contributed by atoms with Crippen LogP contribution >= 0.6 is 0 Å². The Morgan fingerprint density at radius 3 is 2.71 bits per heavy atom. The summed E-state index contributed by atoms with van der Waals surface area (Å²) in [6.45, 7) is 14.9. The molecule has 1 aliphatic carbocycles. The Labute approximate surface area is 131 Å². The highest BCUT2D eigenvalue weighted by Gasteiger charge is 2.36. The zero-order valence-corrected chi connectivity index (χ0v) is 14.6. The monoisotopic (exact) mass is 296 g/mol. The molecule has 21 heavy (non-hydrogen) atoms. The highest BCUT2D eigenvalue weighted by molar-refractivity contribution is 4.90. The normalized spacial score (nSPS) is 38.6. The molecule has 1 N–H and O–H groups in total. The third-order valence-corrected chi connectivity index (χ3v) is 5.60. The minimum Gasteiger partial charge on any atom is -0.378 e. The van der Waals surface area contributed by atoms with E-state index in [1.807, 2.05) is 0 Å². The lowest BCUT2D eigenvalue weighted by atomic mass is 9.72. The zero-order valence-electron chi connectivity index (χ0n) is 14.6. The van der Waals surface area contributed by atoms with Gasteiger partial charge in [-0.15, -0.1) is 0 Å². The van der Waals surface area contributed by atoms with Crippen LogP contribution in [0, 0.1) is 17.8 Å². The lowest BCUT2D eigenvalue weighted by Crippen LogP contribution is -2.53. The van der Waals surface area contributed by atoms with Crippen molar-refractivity contribution in [3.8, 4) is 0 Å². The van der Waals surface area contributed by atoms with Gasteiger partial charge in [-0.25, -0.2) is 0 Å². The number of nitrogens with zero attached hydrogens (tertiary/aromatic N) is 1. The van der Waals surface area contributed by atoms with E-state index in [9.17, 15) is 0 Å². The van der Waals surface area contributed by atoms with Gasteiger partial charge in [0.2, 0.25) is 0 Å². The van der Waals surface area contributed by atoms with Gasteiger partial charge in [0, 0.05) is 25.2 Å². The van der Waals surface area contributed by atoms with E-state index >= 15 is 0 Å². The maximum Gasteiger partial charge on any atom is 0.0622 e. The van der Waals surface area contributed by atoms with E-state index in [1.54, 1.807) is 0 Å². The van der Waals surface area contributed by atoms with Crippen LogP contribution in [-0.2, 0) is 4.74 Å². The predicted octanol–water partition coefficient (Wildman–Crippen LogP) is 3.15. The van der Waals surface area contributed by atoms with Gasteiger partial charge in [0.25, 0.3) is 0 Å². The second kappa shape index (κ2) is 8.50. The lowest BCUT2D eigenvalue weighted by molar-refractivity contribution is -0.0276. The molecule has 0 radical (unpaired) electrons. The van der Waals surface area contributed by atoms with E-state index < -0.39 is 0 Å². The molecule has 1 saturated carbocycles. The van der Waals surface area contributed by atoms with Gasteiger partial charge in [0.1, 0.15) is 0 Å². The standard InChI is InChI=1S/C18H36N2O/c1-5-7-19-18-11-14(3)10-15(4)17(18)12-20-8-9-21-13-16(20)6-2/h14-19H,5-13H2,1-4H3. The van der Waals surface area contributed by atoms with Gasteiger partial charge < -0.3 is 10.1 Å². The van der Waals surface area contributed by atoms with Gasteiger partial charge in [-0.2, -0.15) is 0 Å². The molecule has 3 heteroatoms. The summed E-state index contributed by atoms with van der Waals surface area (Å²) in [5, 5.41) is 3.85. The third kappa shape index (κ3) is 4.67. The largest absolute Gasteiger partial charge is 0.378 e. The molecule has 2 rings (SSSR count). The van der Waals surface area contributed by atoms with Crippen molar-refractivity contribution in [1.29, 1.82) is 0 Å². The summed E-state index contributed by atoms with van der Waals surface area (Å²) in [5.41, 5.74) is 0. The summed E-state index contributed by atoms with van der Waals surface area (Å²) in [7, 11) is 0. The molecule has 1 heterocycles. The predicted molar refractivity (Wildman–Crippen MR) is 89.6 cm³/mol. The quantitative estimate of drug-likeness (QED) is 0.815. The molecule has 0 aromatic heterocycles. The van der Waals surface area contributed by atoms with E-state index in [1.165, 1.54) is 38.8 Å². The molecule has 5 unspecified atom stereocenters. The van der Waals surface area contributed by atoms with Gasteiger partial charge >= 0.3 is 0 Å². The van der Waals surface area contributed by atoms with Crippen LogP contribution in [-0.4, -0.2) is 49.8 Å². The zero-order chi connectivity index (χ0) is 15.2. The summed E-state index contributed by atoms with van der Waals surface area (Å²) >= 11 is 0. The Morgan fingerprint density at radius 2 is 2.00 bits per heavy atom. The fourth-order valence-electron chi connectivity index (χ4n) is 4.36. The first kappa shape index (κ1) is 17.2. The van der Waals surface area contributed by atoms with Crippen LogP contribution in [0.3, 0.4) is 0 Å². The number of hydrogen-bond donors (Lipinski definition) is 1. The molecule has 0 aromatic rings. The van der Waals surface area contributed by atoms with E-state index in [0.717, 1.165) is 37.5 Å². The van der Waals surface area contributed by atoms with Gasteiger partial charge in [0.05, 0.1) is 13.2 Å². The van der Waals surface area contributed by atoms with E-state index in [-0.39, 0.29) is 0 Å². The van der Waals surface area contributed by atoms with Crippen LogP contribution in [0.15, 0.2) is 0 Å². The molecule has 2 aliphatic rings. The maximum absolute atomic E-state index is 5.67. The second-order valence-corrected chi connectivity index (χ2v) is 7.41. The molecular formula is C18H36N2O. The number of ether oxygens (including phenoxy) is 1. The maximum atomic E-state index is 5.67. The molecule has 1 aliphatic heterocycles. The van der Waals surface area contributed by atoms with Gasteiger partial charge in [-0.1, -0.05) is 27.7 Å². The molecular weight excluding hydrogens is 260 g/mol. The van der Waals surface area contributed by atoms with Crippen LogP contribution < -0.4 is 5.32 Å². The van der Waals surface area contributed by atoms with E-state index in [4.69, 9.17) is 4.74 Å². The topological polar surface area (TPSA) is 24.5 Å². The van der Waals surface area contributed by atoms with Crippen molar-refractivity contribution in [3.63, 3.8) is 0 Å². The molecule has 0 spiro atoms. The number of hydrogen-bond acceptors (Lipinski definition) is 3. The first-order chi connectivity index (χ1) is 10.2. The molecule has 0 bridgehead atoms. The summed E-state index contributed by atoms with van der Waals surface area (Å²) < 4.78 is 5.67. The first-order valence-electron chi connectivity index (χ1n) is 9.20. The molecule has 3 nitrogen and oxygen atoms in total. The smallest absolute Gasteiger partial charge is 0.0622 e. The van der Waals surface area contributed by atoms with E-state index in [0.29, 0.717) is 12.1 Å². The minimum atomic E-state index is 0.636. The average molecular weight is 296 g/mol. The van der Waals surface area contributed by atoms with Crippen molar-refractivity contribution in [3.05, 3.63) is 0 Å². The van der Waals surface area contributed by atoms with Gasteiger partial charge in [0.15, 0.2) is 0 Å². The van der Waals surface area contributed by atoms with Gasteiger partial charge in [-0.05, 0) is 50.0 Å². The Hall–Kier alpha value is -0.120. The molecule has 0 amide bonds. The number of nitrogens with one attached hydrogen (secondary N) is 1. The van der Waals surface area contributed by atoms with Crippen molar-refractivity contribution >= 4 is 0 Å². The van der Waals surface area contributed by atoms with Crippen LogP contribution in [0.1, 0.15) is 53.4 Å². The third-order valence-electron chi connectivity index (χ3n) is 5.60. The Morgan fingerprint density at radius 1 is 1.19 bits per heavy atom. The van der Waals surface area contributed by atoms with Crippen molar-refractivity contribution in [2.45, 2.75) is 65.5 Å². The molecule has 124 valence electrons. The van der Waals surface area contributed by atoms with Crippen LogP contribution in [0.25, 0.3) is 0 Å². The van der Waals surface area contributed by atoms with E-state index in [2.05, 4.69) is 37.9 Å². The van der Waals surface area contributed by atoms with Crippen LogP contribution in [0.4, 0.5) is 0 Å². The van der Waals surface area contributed by atoms with Gasteiger partial charge in [-0.3, -0.25) is 4.90 Å². The molecule has 0 aromatic carbocycles. The minimum absolute atomic E-state index is 0.636. The SMILES string of the molecule is CCCNC1CC(C)CC(C)C1CN1CCOCC1CC. The molecule has 1 saturated heterocycles. The fourth-order valence-corrected chi connectivity index (χ4v) is 4.36. The molecule has 5 atom stereocenters. The first-order valence-corrected chi connectivity index (χ1v) is 9.20. The summed E-state index contributed by atoms with van der Waals surface area (Å²) in [4.78, 5) is 2.71. The second-order valence-electron chi connectivity index (χ2n) is 7.41. The van der Waals surface area contributed by atoms with Crippen molar-refractivity contribution < 1.29 is 4.74 Å². The summed E-state index contributed by atoms with van der Waals surface area (Å²) in [6.07, 6.45) is 5.21. The highest BCUT2D eigenvalue weighted by atomic mass is 16.5. The summed E-state index contributed by atoms with van der Waals surface area (Å²) in [5.74, 6) is 2.51. The van der Waals surface area contributed by atoms with Crippen molar-refractivity contribution in [1.82, 2.24) is 10.2 Å². The molecule has 2 fully saturated rings. The highest BCUT2D eigenvalue weighted by Crippen LogP contribution is 2.35. The summed E-state index contributed by atoms with van der Waals surface area (Å²) in [6, 6.07) is 1.35. The van der Waals surface area contributed by atoms with Crippen LogP contribution in [0.2, 0.25) is 0 Å². The lowest BCUT2D eigenvalue weighted by Gasteiger charge is -2.45. The fraction of sp³-hybridized carbons (Fsp3) is 1.00.